The molecule has 9 heteroatoms. The zero-order valence-corrected chi connectivity index (χ0v) is 16.4. The highest BCUT2D eigenvalue weighted by Gasteiger charge is 2.15. The SMILES string of the molecule is Cc1cc(N2CCCC2)nc(NCCNC(=O)Cn2c(=O)oc3ccccc32)n1. The standard InChI is InChI=1S/C20H24N6O3/c1-14-12-17(25-10-4-5-11-25)24-19(23-14)22-9-8-21-18(27)13-26-15-6-2-3-7-16(15)29-20(26)28/h2-3,6-7,12H,4-5,8-11,13H2,1H3,(H,21,27)(H,22,23,24). The minimum absolute atomic E-state index is 0.0874. The van der Waals surface area contributed by atoms with Crippen molar-refractivity contribution < 1.29 is 9.21 Å². The van der Waals surface area contributed by atoms with Crippen molar-refractivity contribution >= 4 is 28.8 Å². The number of oxazole rings is 1. The molecule has 0 aliphatic carbocycles. The number of amides is 1. The largest absolute Gasteiger partial charge is 0.420 e. The van der Waals surface area contributed by atoms with Gasteiger partial charge in [-0.3, -0.25) is 9.36 Å². The summed E-state index contributed by atoms with van der Waals surface area (Å²) in [6.45, 7) is 4.77. The zero-order valence-electron chi connectivity index (χ0n) is 16.4. The summed E-state index contributed by atoms with van der Waals surface area (Å²) < 4.78 is 6.47. The van der Waals surface area contributed by atoms with Crippen molar-refractivity contribution in [1.82, 2.24) is 19.9 Å². The second kappa shape index (κ2) is 8.34. The lowest BCUT2D eigenvalue weighted by Gasteiger charge is -2.17. The molecule has 29 heavy (non-hydrogen) atoms. The molecule has 0 radical (unpaired) electrons. The molecule has 9 nitrogen and oxygen atoms in total. The van der Waals surface area contributed by atoms with Crippen molar-refractivity contribution in [2.24, 2.45) is 0 Å². The number of rotatable bonds is 7. The number of carbonyl (C=O) groups excluding carboxylic acids is 1. The number of aromatic nitrogens is 3. The van der Waals surface area contributed by atoms with Crippen LogP contribution in [0.5, 0.6) is 0 Å². The van der Waals surface area contributed by atoms with Crippen molar-refractivity contribution in [1.29, 1.82) is 0 Å². The maximum absolute atomic E-state index is 12.2. The number of hydrogen-bond acceptors (Lipinski definition) is 7. The van der Waals surface area contributed by atoms with Gasteiger partial charge in [0.05, 0.1) is 5.52 Å². The minimum atomic E-state index is -0.540. The topological polar surface area (TPSA) is 105 Å². The van der Waals surface area contributed by atoms with E-state index >= 15 is 0 Å². The summed E-state index contributed by atoms with van der Waals surface area (Å²) in [5.41, 5.74) is 1.98. The average molecular weight is 396 g/mol. The van der Waals surface area contributed by atoms with Crippen LogP contribution in [0.4, 0.5) is 11.8 Å². The molecule has 2 N–H and O–H groups in total. The molecule has 1 aromatic carbocycles. The van der Waals surface area contributed by atoms with E-state index in [0.29, 0.717) is 30.1 Å². The molecule has 1 aliphatic heterocycles. The fraction of sp³-hybridized carbons (Fsp3) is 0.400. The Balaban J connectivity index is 1.30. The highest BCUT2D eigenvalue weighted by molar-refractivity contribution is 5.79. The molecule has 4 rings (SSSR count). The normalized spacial score (nSPS) is 13.8. The Hall–Kier alpha value is -3.36. The molecule has 0 atom stereocenters. The van der Waals surface area contributed by atoms with E-state index in [4.69, 9.17) is 4.42 Å². The quantitative estimate of drug-likeness (QED) is 0.583. The van der Waals surface area contributed by atoms with Crippen molar-refractivity contribution in [2.45, 2.75) is 26.3 Å². The second-order valence-corrected chi connectivity index (χ2v) is 7.08. The Morgan fingerprint density at radius 3 is 2.79 bits per heavy atom. The molecule has 152 valence electrons. The summed E-state index contributed by atoms with van der Waals surface area (Å²) >= 11 is 0. The predicted molar refractivity (Wildman–Crippen MR) is 110 cm³/mol. The molecule has 1 saturated heterocycles. The van der Waals surface area contributed by atoms with E-state index in [9.17, 15) is 9.59 Å². The third-order valence-corrected chi connectivity index (χ3v) is 4.88. The monoisotopic (exact) mass is 396 g/mol. The van der Waals surface area contributed by atoms with Crippen molar-refractivity contribution in [2.75, 3.05) is 36.4 Å². The first-order chi connectivity index (χ1) is 14.1. The number of fused-ring (bicyclic) bond motifs is 1. The average Bonchev–Trinajstić information content (AvgIpc) is 3.34. The number of nitrogens with one attached hydrogen (secondary N) is 2. The van der Waals surface area contributed by atoms with Crippen LogP contribution in [-0.4, -0.2) is 46.6 Å². The molecule has 0 unspecified atom stereocenters. The third-order valence-electron chi connectivity index (χ3n) is 4.88. The minimum Gasteiger partial charge on any atom is -0.408 e. The summed E-state index contributed by atoms with van der Waals surface area (Å²) in [7, 11) is 0. The van der Waals surface area contributed by atoms with Gasteiger partial charge in [0, 0.05) is 37.9 Å². The maximum Gasteiger partial charge on any atom is 0.420 e. The maximum atomic E-state index is 12.2. The molecular formula is C20H24N6O3. The fourth-order valence-corrected chi connectivity index (χ4v) is 3.48. The van der Waals surface area contributed by atoms with E-state index in [1.807, 2.05) is 13.0 Å². The highest BCUT2D eigenvalue weighted by Crippen LogP contribution is 2.19. The Kier molecular flexibility index (Phi) is 5.46. The summed E-state index contributed by atoms with van der Waals surface area (Å²) in [5.74, 6) is 0.691. The van der Waals surface area contributed by atoms with Gasteiger partial charge in [0.25, 0.3) is 0 Å². The lowest BCUT2D eigenvalue weighted by atomic mass is 10.3. The van der Waals surface area contributed by atoms with E-state index in [2.05, 4.69) is 25.5 Å². The van der Waals surface area contributed by atoms with Gasteiger partial charge in [-0.05, 0) is 31.9 Å². The van der Waals surface area contributed by atoms with Crippen LogP contribution in [0.2, 0.25) is 0 Å². The van der Waals surface area contributed by atoms with E-state index in [-0.39, 0.29) is 12.5 Å². The van der Waals surface area contributed by atoms with Gasteiger partial charge in [-0.15, -0.1) is 0 Å². The van der Waals surface area contributed by atoms with Crippen molar-refractivity contribution in [3.05, 3.63) is 46.6 Å². The van der Waals surface area contributed by atoms with Crippen LogP contribution in [0.3, 0.4) is 0 Å². The van der Waals surface area contributed by atoms with Crippen LogP contribution in [0.1, 0.15) is 18.5 Å². The Morgan fingerprint density at radius 2 is 1.97 bits per heavy atom. The Bertz CT molecular complexity index is 1070. The number of benzene rings is 1. The van der Waals surface area contributed by atoms with Crippen LogP contribution in [0.15, 0.2) is 39.5 Å². The predicted octanol–water partition coefficient (Wildman–Crippen LogP) is 1.52. The number of carbonyl (C=O) groups is 1. The summed E-state index contributed by atoms with van der Waals surface area (Å²) in [6.07, 6.45) is 2.37. The van der Waals surface area contributed by atoms with Gasteiger partial charge in [-0.2, -0.15) is 4.98 Å². The molecule has 1 fully saturated rings. The van der Waals surface area contributed by atoms with Gasteiger partial charge in [-0.1, -0.05) is 12.1 Å². The van der Waals surface area contributed by atoms with E-state index < -0.39 is 5.76 Å². The first-order valence-corrected chi connectivity index (χ1v) is 9.80. The molecule has 3 aromatic rings. The van der Waals surface area contributed by atoms with Crippen LogP contribution >= 0.6 is 0 Å². The summed E-state index contributed by atoms with van der Waals surface area (Å²) in [6, 6.07) is 9.03. The van der Waals surface area contributed by atoms with Gasteiger partial charge < -0.3 is 20.0 Å². The molecule has 0 saturated carbocycles. The second-order valence-electron chi connectivity index (χ2n) is 7.08. The number of aryl methyl sites for hydroxylation is 1. The van der Waals surface area contributed by atoms with E-state index in [1.165, 1.54) is 17.4 Å². The van der Waals surface area contributed by atoms with Gasteiger partial charge >= 0.3 is 5.76 Å². The molecule has 0 bridgehead atoms. The van der Waals surface area contributed by atoms with Crippen molar-refractivity contribution in [3.8, 4) is 0 Å². The fourth-order valence-electron chi connectivity index (χ4n) is 3.48. The van der Waals surface area contributed by atoms with E-state index in [1.54, 1.807) is 24.3 Å². The zero-order chi connectivity index (χ0) is 20.2. The number of anilines is 2. The van der Waals surface area contributed by atoms with Crippen LogP contribution in [0.25, 0.3) is 11.1 Å². The lowest BCUT2D eigenvalue weighted by molar-refractivity contribution is -0.121. The number of nitrogens with zero attached hydrogens (tertiary/aromatic N) is 4. The first kappa shape index (κ1) is 19.0. The van der Waals surface area contributed by atoms with Gasteiger partial charge in [0.1, 0.15) is 12.4 Å². The molecule has 1 aliphatic rings. The van der Waals surface area contributed by atoms with Crippen molar-refractivity contribution in [3.63, 3.8) is 0 Å². The smallest absolute Gasteiger partial charge is 0.408 e. The van der Waals surface area contributed by atoms with Crippen LogP contribution < -0.4 is 21.3 Å². The molecule has 2 aromatic heterocycles. The van der Waals surface area contributed by atoms with Crippen LogP contribution in [-0.2, 0) is 11.3 Å². The molecule has 1 amide bonds. The van der Waals surface area contributed by atoms with Gasteiger partial charge in [0.15, 0.2) is 5.58 Å². The van der Waals surface area contributed by atoms with Gasteiger partial charge in [-0.25, -0.2) is 9.78 Å². The Morgan fingerprint density at radius 1 is 1.17 bits per heavy atom. The number of para-hydroxylation sites is 2. The van der Waals surface area contributed by atoms with Gasteiger partial charge in [0.2, 0.25) is 11.9 Å². The Labute approximate surface area is 167 Å². The molecule has 0 spiro atoms. The summed E-state index contributed by atoms with van der Waals surface area (Å²) in [4.78, 5) is 35.4. The summed E-state index contributed by atoms with van der Waals surface area (Å²) in [5, 5.41) is 5.95. The lowest BCUT2D eigenvalue weighted by Crippen LogP contribution is -2.34. The molecular weight excluding hydrogens is 372 g/mol. The molecule has 3 heterocycles. The van der Waals surface area contributed by atoms with E-state index in [0.717, 1.165) is 24.6 Å². The van der Waals surface area contributed by atoms with Crippen LogP contribution in [0, 0.1) is 6.92 Å². The third kappa shape index (κ3) is 4.39. The highest BCUT2D eigenvalue weighted by atomic mass is 16.4. The first-order valence-electron chi connectivity index (χ1n) is 9.80. The number of hydrogen-bond donors (Lipinski definition) is 2.